The molecular weight excluding hydrogens is 935 g/mol. The van der Waals surface area contributed by atoms with Crippen LogP contribution >= 0.6 is 0 Å². The van der Waals surface area contributed by atoms with Crippen LogP contribution in [0.1, 0.15) is 33.4 Å². The minimum atomic E-state index is -5.03. The fourth-order valence-electron chi connectivity index (χ4n) is 10.9. The van der Waals surface area contributed by atoms with Crippen LogP contribution in [0.4, 0.5) is 26.3 Å². The number of nitrogens with zero attached hydrogens (tertiary/aromatic N) is 2. The molecule has 0 saturated carbocycles. The van der Waals surface area contributed by atoms with E-state index in [0.717, 1.165) is 100 Å². The lowest BCUT2D eigenvalue weighted by Crippen LogP contribution is -2.12. The van der Waals surface area contributed by atoms with Crippen molar-refractivity contribution in [2.24, 2.45) is 0 Å². The van der Waals surface area contributed by atoms with Crippen LogP contribution in [0.15, 0.2) is 206 Å². The van der Waals surface area contributed by atoms with E-state index in [1.165, 1.54) is 24.3 Å². The minimum absolute atomic E-state index is 0.275. The van der Waals surface area contributed by atoms with Gasteiger partial charge in [0, 0.05) is 32.9 Å². The molecule has 0 N–H and O–H groups in total. The Morgan fingerprint density at radius 2 is 0.527 bits per heavy atom. The maximum atomic E-state index is 15.7. The van der Waals surface area contributed by atoms with Crippen molar-refractivity contribution in [2.45, 2.75) is 40.0 Å². The Morgan fingerprint density at radius 3 is 0.770 bits per heavy atom. The largest absolute Gasteiger partial charge is 0.417 e. The van der Waals surface area contributed by atoms with E-state index in [-0.39, 0.29) is 11.4 Å². The van der Waals surface area contributed by atoms with Gasteiger partial charge >= 0.3 is 12.4 Å². The number of rotatable bonds is 7. The van der Waals surface area contributed by atoms with Crippen LogP contribution in [-0.4, -0.2) is 9.13 Å². The van der Waals surface area contributed by atoms with Gasteiger partial charge in [0.25, 0.3) is 0 Å². The van der Waals surface area contributed by atoms with Crippen molar-refractivity contribution in [3.8, 4) is 67.0 Å². The second-order valence-electron chi connectivity index (χ2n) is 19.5. The quantitative estimate of drug-likeness (QED) is 0.141. The topological polar surface area (TPSA) is 9.86 Å². The van der Waals surface area contributed by atoms with E-state index in [0.29, 0.717) is 22.1 Å². The van der Waals surface area contributed by atoms with Crippen molar-refractivity contribution in [3.63, 3.8) is 0 Å². The molecule has 362 valence electrons. The van der Waals surface area contributed by atoms with E-state index >= 15 is 26.3 Å². The Labute approximate surface area is 424 Å². The predicted molar refractivity (Wildman–Crippen MR) is 291 cm³/mol. The standard InChI is InChI=1S/C66H46F6N2/c1-39-9-5-13-43(29-39)47-17-23-53-54-24-18-48(44-14-6-10-40(2)30-44)34-62(54)73(61(53)33-47)51-21-27-59(65(67,68)69)57(37-51)58-38-52(22-28-60(58)66(70,71)72)74-63-35-49(45-15-7-11-41(3)31-45)19-25-55(63)56-26-20-50(36-64(56)74)46-16-8-12-42(4)32-46/h5-38H,1-4H3. The van der Waals surface area contributed by atoms with Crippen LogP contribution in [0.2, 0.25) is 0 Å². The Morgan fingerprint density at radius 1 is 0.270 bits per heavy atom. The molecule has 0 atom stereocenters. The highest BCUT2D eigenvalue weighted by atomic mass is 19.4. The Balaban J connectivity index is 1.14. The number of aromatic nitrogens is 2. The van der Waals surface area contributed by atoms with Crippen molar-refractivity contribution >= 4 is 43.6 Å². The number of hydrogen-bond donors (Lipinski definition) is 0. The van der Waals surface area contributed by atoms with Crippen molar-refractivity contribution in [1.82, 2.24) is 9.13 Å². The van der Waals surface area contributed by atoms with Gasteiger partial charge in [-0.25, -0.2) is 0 Å². The predicted octanol–water partition coefficient (Wildman–Crippen LogP) is 19.5. The summed E-state index contributed by atoms with van der Waals surface area (Å²) in [6.45, 7) is 8.03. The summed E-state index contributed by atoms with van der Waals surface area (Å²) in [5.41, 5.74) is 11.3. The van der Waals surface area contributed by atoms with E-state index in [4.69, 9.17) is 0 Å². The van der Waals surface area contributed by atoms with Crippen molar-refractivity contribution in [1.29, 1.82) is 0 Å². The normalized spacial score (nSPS) is 12.2. The number of alkyl halides is 6. The summed E-state index contributed by atoms with van der Waals surface area (Å²) < 4.78 is 97.7. The van der Waals surface area contributed by atoms with Gasteiger partial charge < -0.3 is 9.13 Å². The van der Waals surface area contributed by atoms with Crippen LogP contribution in [0.3, 0.4) is 0 Å². The summed E-state index contributed by atoms with van der Waals surface area (Å²) >= 11 is 0. The lowest BCUT2D eigenvalue weighted by molar-refractivity contribution is -0.139. The zero-order chi connectivity index (χ0) is 51.2. The first-order valence-electron chi connectivity index (χ1n) is 24.4. The minimum Gasteiger partial charge on any atom is -0.309 e. The van der Waals surface area contributed by atoms with Gasteiger partial charge in [-0.15, -0.1) is 0 Å². The first-order valence-corrected chi connectivity index (χ1v) is 24.4. The summed E-state index contributed by atoms with van der Waals surface area (Å²) in [6, 6.07) is 63.5. The molecule has 0 spiro atoms. The number of halogens is 6. The van der Waals surface area contributed by atoms with E-state index < -0.39 is 34.6 Å². The van der Waals surface area contributed by atoms with E-state index in [1.54, 1.807) is 0 Å². The lowest BCUT2D eigenvalue weighted by atomic mass is 9.93. The van der Waals surface area contributed by atoms with Crippen LogP contribution in [0.25, 0.3) is 111 Å². The van der Waals surface area contributed by atoms with Crippen molar-refractivity contribution < 1.29 is 26.3 Å². The molecule has 0 amide bonds. The molecule has 0 saturated heterocycles. The van der Waals surface area contributed by atoms with Gasteiger partial charge in [0.05, 0.1) is 33.2 Å². The molecule has 0 bridgehead atoms. The van der Waals surface area contributed by atoms with Crippen LogP contribution in [0, 0.1) is 27.7 Å². The molecule has 8 heteroatoms. The maximum Gasteiger partial charge on any atom is 0.417 e. The van der Waals surface area contributed by atoms with Crippen LogP contribution in [-0.2, 0) is 12.4 Å². The molecule has 2 nitrogen and oxygen atoms in total. The Hall–Kier alpha value is -8.62. The molecule has 0 fully saturated rings. The number of hydrogen-bond acceptors (Lipinski definition) is 0. The van der Waals surface area contributed by atoms with E-state index in [9.17, 15) is 0 Å². The molecule has 0 unspecified atom stereocenters. The molecule has 12 rings (SSSR count). The summed E-state index contributed by atoms with van der Waals surface area (Å²) in [5, 5.41) is 3.36. The average molecular weight is 981 g/mol. The number of benzene rings is 10. The fraction of sp³-hybridized carbons (Fsp3) is 0.0909. The molecule has 0 aliphatic carbocycles. The van der Waals surface area contributed by atoms with Gasteiger partial charge in [-0.3, -0.25) is 0 Å². The highest BCUT2D eigenvalue weighted by Gasteiger charge is 2.39. The third kappa shape index (κ3) is 8.20. The van der Waals surface area contributed by atoms with E-state index in [1.807, 2.05) is 182 Å². The monoisotopic (exact) mass is 980 g/mol. The zero-order valence-electron chi connectivity index (χ0n) is 40.8. The SMILES string of the molecule is Cc1cccc(-c2ccc3c4ccc(-c5cccc(C)c5)cc4n(-c4ccc(C(F)(F)F)c(-c5cc(-n6c7cc(-c8cccc(C)c8)ccc7c7ccc(-c8cccc(C)c8)cc76)ccc5C(F)(F)F)c4)c3c2)c1. The number of aryl methyl sites for hydroxylation is 4. The first kappa shape index (κ1) is 46.5. The molecule has 0 radical (unpaired) electrons. The van der Waals surface area contributed by atoms with Gasteiger partial charge in [0.1, 0.15) is 0 Å². The third-order valence-electron chi connectivity index (χ3n) is 14.4. The summed E-state index contributed by atoms with van der Waals surface area (Å²) in [7, 11) is 0. The van der Waals surface area contributed by atoms with Crippen LogP contribution in [0.5, 0.6) is 0 Å². The molecule has 0 aliphatic rings. The Kier molecular flexibility index (Phi) is 11.0. The van der Waals surface area contributed by atoms with Gasteiger partial charge in [0.2, 0.25) is 0 Å². The molecule has 74 heavy (non-hydrogen) atoms. The highest BCUT2D eigenvalue weighted by Crippen LogP contribution is 2.47. The van der Waals surface area contributed by atoms with Crippen LogP contribution < -0.4 is 0 Å². The second-order valence-corrected chi connectivity index (χ2v) is 19.5. The molecule has 12 aromatic rings. The van der Waals surface area contributed by atoms with E-state index in [2.05, 4.69) is 24.3 Å². The third-order valence-corrected chi connectivity index (χ3v) is 14.4. The summed E-state index contributed by atoms with van der Waals surface area (Å²) in [4.78, 5) is 0. The summed E-state index contributed by atoms with van der Waals surface area (Å²) in [6.07, 6.45) is -10.1. The van der Waals surface area contributed by atoms with Gasteiger partial charge in [0.15, 0.2) is 0 Å². The molecular formula is C66H46F6N2. The molecule has 2 aromatic heterocycles. The maximum absolute atomic E-state index is 15.7. The fourth-order valence-corrected chi connectivity index (χ4v) is 10.9. The van der Waals surface area contributed by atoms with Crippen molar-refractivity contribution in [2.75, 3.05) is 0 Å². The molecule has 10 aromatic carbocycles. The Bertz CT molecular complexity index is 3750. The second kappa shape index (κ2) is 17.6. The average Bonchev–Trinajstić information content (AvgIpc) is 3.90. The summed E-state index contributed by atoms with van der Waals surface area (Å²) in [5.74, 6) is 0. The number of fused-ring (bicyclic) bond motifs is 6. The highest BCUT2D eigenvalue weighted by molar-refractivity contribution is 6.12. The van der Waals surface area contributed by atoms with Gasteiger partial charge in [-0.2, -0.15) is 26.3 Å². The smallest absolute Gasteiger partial charge is 0.309 e. The molecule has 2 heterocycles. The van der Waals surface area contributed by atoms with Gasteiger partial charge in [-0.1, -0.05) is 168 Å². The first-order chi connectivity index (χ1) is 35.6. The zero-order valence-corrected chi connectivity index (χ0v) is 40.8. The molecule has 0 aliphatic heterocycles. The lowest BCUT2D eigenvalue weighted by Gasteiger charge is -2.21. The van der Waals surface area contributed by atoms with Crippen molar-refractivity contribution in [3.05, 3.63) is 240 Å². The van der Waals surface area contributed by atoms with Gasteiger partial charge in [-0.05, 0) is 144 Å².